The van der Waals surface area contributed by atoms with Crippen LogP contribution in [-0.2, 0) is 0 Å². The van der Waals surface area contributed by atoms with Crippen molar-refractivity contribution in [3.05, 3.63) is 35.4 Å². The van der Waals surface area contributed by atoms with Crippen molar-refractivity contribution >= 4 is 5.96 Å². The molecule has 0 amide bonds. The lowest BCUT2D eigenvalue weighted by Gasteiger charge is -2.14. The Hall–Kier alpha value is -1.51. The fraction of sp³-hybridized carbons (Fsp3) is 0.364. The van der Waals surface area contributed by atoms with E-state index in [0.717, 1.165) is 0 Å². The van der Waals surface area contributed by atoms with Gasteiger partial charge in [0, 0.05) is 7.05 Å². The van der Waals surface area contributed by atoms with E-state index in [4.69, 9.17) is 5.73 Å². The minimum Gasteiger partial charge on any atom is -0.370 e. The second kappa shape index (κ2) is 4.65. The summed E-state index contributed by atoms with van der Waals surface area (Å²) in [6, 6.07) is 8.53. The first-order chi connectivity index (χ1) is 6.63. The third-order valence-electron chi connectivity index (χ3n) is 2.15. The van der Waals surface area contributed by atoms with Crippen molar-refractivity contribution in [2.45, 2.75) is 19.9 Å². The SMILES string of the molecule is CN=C(N)N[C@H](C)c1cccc(C)c1. The van der Waals surface area contributed by atoms with Gasteiger partial charge < -0.3 is 11.1 Å². The molecule has 0 saturated heterocycles. The molecule has 0 saturated carbocycles. The van der Waals surface area contributed by atoms with Crippen molar-refractivity contribution in [3.63, 3.8) is 0 Å². The zero-order valence-corrected chi connectivity index (χ0v) is 8.91. The monoisotopic (exact) mass is 191 g/mol. The normalized spacial score (nSPS) is 13.8. The van der Waals surface area contributed by atoms with Crippen LogP contribution in [0.4, 0.5) is 0 Å². The first-order valence-corrected chi connectivity index (χ1v) is 4.69. The highest BCUT2D eigenvalue weighted by atomic mass is 15.1. The van der Waals surface area contributed by atoms with E-state index in [0.29, 0.717) is 5.96 Å². The molecule has 0 aliphatic carbocycles. The van der Waals surface area contributed by atoms with Crippen LogP contribution < -0.4 is 11.1 Å². The Labute approximate surface area is 85.0 Å². The van der Waals surface area contributed by atoms with Gasteiger partial charge in [-0.05, 0) is 19.4 Å². The summed E-state index contributed by atoms with van der Waals surface area (Å²) < 4.78 is 0. The van der Waals surface area contributed by atoms with Gasteiger partial charge >= 0.3 is 0 Å². The average molecular weight is 191 g/mol. The molecule has 0 fully saturated rings. The predicted molar refractivity (Wildman–Crippen MR) is 60.3 cm³/mol. The second-order valence-corrected chi connectivity index (χ2v) is 3.39. The zero-order valence-electron chi connectivity index (χ0n) is 8.91. The average Bonchev–Trinajstić information content (AvgIpc) is 2.17. The Morgan fingerprint density at radius 3 is 2.79 bits per heavy atom. The first kappa shape index (κ1) is 10.6. The molecular weight excluding hydrogens is 174 g/mol. The van der Waals surface area contributed by atoms with E-state index in [1.807, 2.05) is 6.07 Å². The molecule has 0 aliphatic rings. The van der Waals surface area contributed by atoms with Crippen molar-refractivity contribution in [3.8, 4) is 0 Å². The van der Waals surface area contributed by atoms with E-state index >= 15 is 0 Å². The van der Waals surface area contributed by atoms with Crippen molar-refractivity contribution in [1.29, 1.82) is 0 Å². The van der Waals surface area contributed by atoms with Crippen LogP contribution in [0, 0.1) is 6.92 Å². The van der Waals surface area contributed by atoms with Gasteiger partial charge in [-0.1, -0.05) is 29.8 Å². The maximum atomic E-state index is 5.59. The maximum Gasteiger partial charge on any atom is 0.188 e. The number of hydrogen-bond donors (Lipinski definition) is 2. The Balaban J connectivity index is 2.74. The summed E-state index contributed by atoms with van der Waals surface area (Å²) in [4.78, 5) is 3.86. The van der Waals surface area contributed by atoms with Crippen LogP contribution in [0.3, 0.4) is 0 Å². The van der Waals surface area contributed by atoms with Crippen molar-refractivity contribution in [2.24, 2.45) is 10.7 Å². The Morgan fingerprint density at radius 1 is 1.50 bits per heavy atom. The summed E-state index contributed by atoms with van der Waals surface area (Å²) in [6.07, 6.45) is 0. The van der Waals surface area contributed by atoms with Crippen LogP contribution in [0.15, 0.2) is 29.3 Å². The van der Waals surface area contributed by atoms with E-state index in [-0.39, 0.29) is 6.04 Å². The molecule has 0 heterocycles. The predicted octanol–water partition coefficient (Wildman–Crippen LogP) is 1.59. The van der Waals surface area contributed by atoms with Gasteiger partial charge in [0.1, 0.15) is 0 Å². The number of aliphatic imine (C=N–C) groups is 1. The molecule has 14 heavy (non-hydrogen) atoms. The lowest BCUT2D eigenvalue weighted by atomic mass is 10.1. The van der Waals surface area contributed by atoms with Crippen LogP contribution in [0.1, 0.15) is 24.1 Å². The van der Waals surface area contributed by atoms with E-state index in [1.54, 1.807) is 7.05 Å². The second-order valence-electron chi connectivity index (χ2n) is 3.39. The van der Waals surface area contributed by atoms with Crippen LogP contribution in [0.2, 0.25) is 0 Å². The Bertz CT molecular complexity index is 331. The molecule has 0 aliphatic heterocycles. The molecule has 1 aromatic carbocycles. The highest BCUT2D eigenvalue weighted by Gasteiger charge is 2.04. The number of rotatable bonds is 2. The number of nitrogens with two attached hydrogens (primary N) is 1. The number of benzene rings is 1. The number of guanidine groups is 1. The lowest BCUT2D eigenvalue weighted by molar-refractivity contribution is 0.710. The van der Waals surface area contributed by atoms with Crippen LogP contribution in [0.25, 0.3) is 0 Å². The van der Waals surface area contributed by atoms with Crippen molar-refractivity contribution in [2.75, 3.05) is 7.05 Å². The number of aryl methyl sites for hydroxylation is 1. The molecule has 0 spiro atoms. The van der Waals surface area contributed by atoms with Crippen LogP contribution >= 0.6 is 0 Å². The van der Waals surface area contributed by atoms with E-state index in [9.17, 15) is 0 Å². The molecule has 0 aromatic heterocycles. The summed E-state index contributed by atoms with van der Waals surface area (Å²) in [7, 11) is 1.67. The maximum absolute atomic E-state index is 5.59. The first-order valence-electron chi connectivity index (χ1n) is 4.69. The Morgan fingerprint density at radius 2 is 2.21 bits per heavy atom. The fourth-order valence-corrected chi connectivity index (χ4v) is 1.31. The molecule has 3 heteroatoms. The molecule has 76 valence electrons. The molecular formula is C11H17N3. The summed E-state index contributed by atoms with van der Waals surface area (Å²) in [6.45, 7) is 4.14. The molecule has 1 rings (SSSR count). The van der Waals surface area contributed by atoms with E-state index in [1.165, 1.54) is 11.1 Å². The van der Waals surface area contributed by atoms with Crippen LogP contribution in [-0.4, -0.2) is 13.0 Å². The highest BCUT2D eigenvalue weighted by Crippen LogP contribution is 2.12. The van der Waals surface area contributed by atoms with Crippen LogP contribution in [0.5, 0.6) is 0 Å². The molecule has 3 N–H and O–H groups in total. The van der Waals surface area contributed by atoms with Gasteiger partial charge in [0.25, 0.3) is 0 Å². The van der Waals surface area contributed by atoms with Gasteiger partial charge in [-0.15, -0.1) is 0 Å². The quantitative estimate of drug-likeness (QED) is 0.551. The molecule has 0 bridgehead atoms. The summed E-state index contributed by atoms with van der Waals surface area (Å²) in [5, 5.41) is 3.10. The number of hydrogen-bond acceptors (Lipinski definition) is 1. The topological polar surface area (TPSA) is 50.4 Å². The number of nitrogens with zero attached hydrogens (tertiary/aromatic N) is 1. The van der Waals surface area contributed by atoms with Crippen molar-refractivity contribution < 1.29 is 0 Å². The smallest absolute Gasteiger partial charge is 0.188 e. The molecule has 0 radical (unpaired) electrons. The lowest BCUT2D eigenvalue weighted by Crippen LogP contribution is -2.33. The largest absolute Gasteiger partial charge is 0.370 e. The summed E-state index contributed by atoms with van der Waals surface area (Å²) in [5.74, 6) is 0.471. The zero-order chi connectivity index (χ0) is 10.6. The Kier molecular flexibility index (Phi) is 3.51. The summed E-state index contributed by atoms with van der Waals surface area (Å²) in [5.41, 5.74) is 8.06. The molecule has 1 atom stereocenters. The molecule has 0 unspecified atom stereocenters. The van der Waals surface area contributed by atoms with Crippen molar-refractivity contribution in [1.82, 2.24) is 5.32 Å². The van der Waals surface area contributed by atoms with E-state index < -0.39 is 0 Å². The van der Waals surface area contributed by atoms with E-state index in [2.05, 4.69) is 42.4 Å². The van der Waals surface area contributed by atoms with Gasteiger partial charge in [0.15, 0.2) is 5.96 Å². The minimum absolute atomic E-state index is 0.193. The van der Waals surface area contributed by atoms with Gasteiger partial charge in [0.05, 0.1) is 6.04 Å². The summed E-state index contributed by atoms with van der Waals surface area (Å²) >= 11 is 0. The fourth-order valence-electron chi connectivity index (χ4n) is 1.31. The molecule has 1 aromatic rings. The third kappa shape index (κ3) is 2.76. The van der Waals surface area contributed by atoms with Gasteiger partial charge in [0.2, 0.25) is 0 Å². The highest BCUT2D eigenvalue weighted by molar-refractivity contribution is 5.78. The standard InChI is InChI=1S/C11H17N3/c1-8-5-4-6-10(7-8)9(2)14-11(12)13-3/h4-7,9H,1-3H3,(H3,12,13,14)/t9-/m1/s1. The van der Waals surface area contributed by atoms with Gasteiger partial charge in [-0.2, -0.15) is 0 Å². The minimum atomic E-state index is 0.193. The number of nitrogens with one attached hydrogen (secondary N) is 1. The third-order valence-corrected chi connectivity index (χ3v) is 2.15. The van der Waals surface area contributed by atoms with Gasteiger partial charge in [-0.3, -0.25) is 4.99 Å². The molecule has 3 nitrogen and oxygen atoms in total. The van der Waals surface area contributed by atoms with Gasteiger partial charge in [-0.25, -0.2) is 0 Å².